The molecule has 0 aromatic carbocycles. The van der Waals surface area contributed by atoms with E-state index in [0.29, 0.717) is 18.3 Å². The molecule has 0 radical (unpaired) electrons. The molecule has 2 aromatic rings. The molecular formula is C16H26N6O3. The highest BCUT2D eigenvalue weighted by Gasteiger charge is 2.23. The number of anilines is 2. The normalized spacial score (nSPS) is 11.7. The number of unbranched alkanes of at least 4 members (excludes halogenated alkanes) is 1. The fourth-order valence-electron chi connectivity index (χ4n) is 2.40. The zero-order chi connectivity index (χ0) is 18.8. The Morgan fingerprint density at radius 3 is 2.56 bits per heavy atom. The zero-order valence-corrected chi connectivity index (χ0v) is 15.4. The molecule has 0 unspecified atom stereocenters. The molecule has 0 saturated heterocycles. The number of aromatic nitrogens is 4. The van der Waals surface area contributed by atoms with Gasteiger partial charge in [0.25, 0.3) is 5.56 Å². The van der Waals surface area contributed by atoms with E-state index >= 15 is 0 Å². The van der Waals surface area contributed by atoms with Gasteiger partial charge >= 0.3 is 5.69 Å². The number of hydrogen-bond acceptors (Lipinski definition) is 7. The van der Waals surface area contributed by atoms with Crippen LogP contribution in [-0.4, -0.2) is 26.7 Å². The molecule has 0 aliphatic heterocycles. The van der Waals surface area contributed by atoms with Gasteiger partial charge in [0.15, 0.2) is 5.82 Å². The van der Waals surface area contributed by atoms with Crippen molar-refractivity contribution < 1.29 is 4.52 Å². The molecule has 9 nitrogen and oxygen atoms in total. The van der Waals surface area contributed by atoms with E-state index in [-0.39, 0.29) is 23.5 Å². The first-order chi connectivity index (χ1) is 11.6. The van der Waals surface area contributed by atoms with Crippen LogP contribution in [0.25, 0.3) is 0 Å². The molecular weight excluding hydrogens is 324 g/mol. The second kappa shape index (κ2) is 7.12. The third-order valence-electron chi connectivity index (χ3n) is 3.82. The van der Waals surface area contributed by atoms with Gasteiger partial charge in [-0.25, -0.2) is 4.79 Å². The van der Waals surface area contributed by atoms with Crippen LogP contribution in [0.4, 0.5) is 11.5 Å². The molecule has 0 bridgehead atoms. The van der Waals surface area contributed by atoms with Gasteiger partial charge in [-0.2, -0.15) is 4.98 Å². The van der Waals surface area contributed by atoms with Crippen LogP contribution in [0.5, 0.6) is 0 Å². The molecule has 0 fully saturated rings. The largest absolute Gasteiger partial charge is 0.383 e. The molecule has 0 aliphatic carbocycles. The van der Waals surface area contributed by atoms with E-state index in [9.17, 15) is 9.59 Å². The number of nitrogens with one attached hydrogen (secondary N) is 1. The molecule has 138 valence electrons. The number of nitrogens with two attached hydrogens (primary N) is 1. The number of nitrogen functional groups attached to an aromatic ring is 1. The number of H-pyrrole nitrogens is 1. The van der Waals surface area contributed by atoms with Crippen molar-refractivity contribution in [1.29, 1.82) is 0 Å². The molecule has 0 aliphatic rings. The van der Waals surface area contributed by atoms with Gasteiger partial charge in [0.2, 0.25) is 5.89 Å². The highest BCUT2D eigenvalue weighted by atomic mass is 16.5. The van der Waals surface area contributed by atoms with E-state index in [1.54, 1.807) is 11.9 Å². The van der Waals surface area contributed by atoms with E-state index in [1.807, 2.05) is 27.7 Å². The maximum atomic E-state index is 12.2. The van der Waals surface area contributed by atoms with E-state index < -0.39 is 11.2 Å². The highest BCUT2D eigenvalue weighted by Crippen LogP contribution is 2.21. The molecule has 2 heterocycles. The summed E-state index contributed by atoms with van der Waals surface area (Å²) in [5.74, 6) is 1.10. The van der Waals surface area contributed by atoms with E-state index in [1.165, 1.54) is 4.57 Å². The molecule has 0 spiro atoms. The lowest BCUT2D eigenvalue weighted by molar-refractivity contribution is 0.318. The van der Waals surface area contributed by atoms with E-state index in [0.717, 1.165) is 12.8 Å². The summed E-state index contributed by atoms with van der Waals surface area (Å²) in [7, 11) is 1.70. The summed E-state index contributed by atoms with van der Waals surface area (Å²) in [6.45, 7) is 8.62. The lowest BCUT2D eigenvalue weighted by atomic mass is 9.97. The monoisotopic (exact) mass is 350 g/mol. The maximum absolute atomic E-state index is 12.2. The first-order valence-electron chi connectivity index (χ1n) is 8.32. The van der Waals surface area contributed by atoms with Crippen molar-refractivity contribution in [2.45, 2.75) is 59.0 Å². The lowest BCUT2D eigenvalue weighted by Crippen LogP contribution is -2.37. The number of rotatable bonds is 6. The molecule has 0 saturated carbocycles. The minimum absolute atomic E-state index is 0.143. The Morgan fingerprint density at radius 2 is 2.00 bits per heavy atom. The Hall–Kier alpha value is -2.58. The Labute approximate surface area is 145 Å². The standard InChI is InChI=1S/C16H26N6O3/c1-6-7-8-22-12(17)11(13(23)19-15(22)24)21(5)9-10-18-14(25-20-10)16(2,3)4/h6-9,17H2,1-5H3,(H,19,23,24). The van der Waals surface area contributed by atoms with Crippen molar-refractivity contribution in [3.63, 3.8) is 0 Å². The predicted octanol–water partition coefficient (Wildman–Crippen LogP) is 1.24. The van der Waals surface area contributed by atoms with Crippen molar-refractivity contribution in [2.75, 3.05) is 17.7 Å². The van der Waals surface area contributed by atoms with Crippen LogP contribution in [0.1, 0.15) is 52.3 Å². The summed E-state index contributed by atoms with van der Waals surface area (Å²) < 4.78 is 6.64. The Morgan fingerprint density at radius 1 is 1.32 bits per heavy atom. The summed E-state index contributed by atoms with van der Waals surface area (Å²) in [6, 6.07) is 0. The molecule has 0 atom stereocenters. The first kappa shape index (κ1) is 18.8. The van der Waals surface area contributed by atoms with Gasteiger partial charge in [0, 0.05) is 19.0 Å². The minimum atomic E-state index is -0.530. The van der Waals surface area contributed by atoms with Gasteiger partial charge in [-0.05, 0) is 6.42 Å². The van der Waals surface area contributed by atoms with Crippen molar-refractivity contribution in [2.24, 2.45) is 0 Å². The third-order valence-corrected chi connectivity index (χ3v) is 3.82. The lowest BCUT2D eigenvalue weighted by Gasteiger charge is -2.20. The van der Waals surface area contributed by atoms with Crippen LogP contribution in [0, 0.1) is 0 Å². The van der Waals surface area contributed by atoms with Gasteiger partial charge in [0.05, 0.1) is 6.54 Å². The quantitative estimate of drug-likeness (QED) is 0.803. The van der Waals surface area contributed by atoms with Crippen LogP contribution in [0.3, 0.4) is 0 Å². The Balaban J connectivity index is 2.32. The summed E-state index contributed by atoms with van der Waals surface area (Å²) in [5, 5.41) is 3.95. The fourth-order valence-corrected chi connectivity index (χ4v) is 2.40. The van der Waals surface area contributed by atoms with Crippen LogP contribution in [0.2, 0.25) is 0 Å². The second-order valence-electron chi connectivity index (χ2n) is 7.12. The summed E-state index contributed by atoms with van der Waals surface area (Å²) >= 11 is 0. The highest BCUT2D eigenvalue weighted by molar-refractivity contribution is 5.61. The average Bonchev–Trinajstić information content (AvgIpc) is 2.95. The van der Waals surface area contributed by atoms with Crippen LogP contribution in [0.15, 0.2) is 14.1 Å². The topological polar surface area (TPSA) is 123 Å². The molecule has 2 rings (SSSR count). The van der Waals surface area contributed by atoms with Crippen LogP contribution < -0.4 is 21.9 Å². The molecule has 9 heteroatoms. The Kier molecular flexibility index (Phi) is 5.34. The molecule has 3 N–H and O–H groups in total. The van der Waals surface area contributed by atoms with Gasteiger partial charge in [-0.1, -0.05) is 39.3 Å². The zero-order valence-electron chi connectivity index (χ0n) is 15.4. The van der Waals surface area contributed by atoms with E-state index in [2.05, 4.69) is 15.1 Å². The molecule has 25 heavy (non-hydrogen) atoms. The smallest absolute Gasteiger partial charge is 0.330 e. The SMILES string of the molecule is CCCCn1c(N)c(N(C)Cc2noc(C(C)(C)C)n2)c(=O)[nH]c1=O. The number of aromatic amines is 1. The molecule has 2 aromatic heterocycles. The van der Waals surface area contributed by atoms with Crippen molar-refractivity contribution in [3.8, 4) is 0 Å². The van der Waals surface area contributed by atoms with Crippen molar-refractivity contribution >= 4 is 11.5 Å². The third kappa shape index (κ3) is 4.09. The average molecular weight is 350 g/mol. The van der Waals surface area contributed by atoms with Gasteiger partial charge in [-0.3, -0.25) is 14.3 Å². The molecule has 0 amide bonds. The van der Waals surface area contributed by atoms with Crippen LogP contribution >= 0.6 is 0 Å². The fraction of sp³-hybridized carbons (Fsp3) is 0.625. The van der Waals surface area contributed by atoms with Gasteiger partial charge < -0.3 is 15.2 Å². The second-order valence-corrected chi connectivity index (χ2v) is 7.12. The van der Waals surface area contributed by atoms with Gasteiger partial charge in [0.1, 0.15) is 11.5 Å². The number of hydrogen-bond donors (Lipinski definition) is 2. The maximum Gasteiger partial charge on any atom is 0.330 e. The summed E-state index contributed by atoms with van der Waals surface area (Å²) in [5.41, 5.74) is 5.03. The first-order valence-corrected chi connectivity index (χ1v) is 8.32. The van der Waals surface area contributed by atoms with Crippen LogP contribution in [-0.2, 0) is 18.5 Å². The summed E-state index contributed by atoms with van der Waals surface area (Å²) in [4.78, 5) is 32.5. The minimum Gasteiger partial charge on any atom is -0.383 e. The van der Waals surface area contributed by atoms with Crippen molar-refractivity contribution in [3.05, 3.63) is 32.6 Å². The summed E-state index contributed by atoms with van der Waals surface area (Å²) in [6.07, 6.45) is 1.70. The van der Waals surface area contributed by atoms with Gasteiger partial charge in [-0.15, -0.1) is 0 Å². The predicted molar refractivity (Wildman–Crippen MR) is 95.7 cm³/mol. The Bertz CT molecular complexity index is 843. The number of nitrogens with zero attached hydrogens (tertiary/aromatic N) is 4. The van der Waals surface area contributed by atoms with Crippen molar-refractivity contribution in [1.82, 2.24) is 19.7 Å². The van der Waals surface area contributed by atoms with E-state index in [4.69, 9.17) is 10.3 Å².